The zero-order valence-corrected chi connectivity index (χ0v) is 13.9. The normalized spacial score (nSPS) is 18.6. The molecule has 1 fully saturated rings. The highest BCUT2D eigenvalue weighted by Gasteiger charge is 2.32. The third-order valence-electron chi connectivity index (χ3n) is 4.50. The molecule has 1 aliphatic rings. The Labute approximate surface area is 140 Å². The van der Waals surface area contributed by atoms with E-state index in [1.54, 1.807) is 25.4 Å². The van der Waals surface area contributed by atoms with Crippen molar-refractivity contribution in [3.05, 3.63) is 48.3 Å². The summed E-state index contributed by atoms with van der Waals surface area (Å²) in [5.41, 5.74) is 0.932. The van der Waals surface area contributed by atoms with Crippen LogP contribution in [0.25, 0.3) is 0 Å². The second-order valence-corrected chi connectivity index (χ2v) is 5.98. The second-order valence-electron chi connectivity index (χ2n) is 5.98. The maximum atomic E-state index is 13.1. The van der Waals surface area contributed by atoms with Gasteiger partial charge < -0.3 is 14.8 Å². The highest BCUT2D eigenvalue weighted by Crippen LogP contribution is 2.21. The Hall–Kier alpha value is -2.41. The second kappa shape index (κ2) is 7.00. The van der Waals surface area contributed by atoms with Gasteiger partial charge in [0.05, 0.1) is 6.54 Å². The molecule has 0 aliphatic carbocycles. The van der Waals surface area contributed by atoms with Crippen LogP contribution in [0.4, 0.5) is 10.1 Å². The fourth-order valence-electron chi connectivity index (χ4n) is 3.04. The van der Waals surface area contributed by atoms with E-state index in [2.05, 4.69) is 20.1 Å². The van der Waals surface area contributed by atoms with Crippen molar-refractivity contribution in [2.24, 2.45) is 7.05 Å². The average Bonchev–Trinajstić information content (AvgIpc) is 3.00. The molecule has 7 heteroatoms. The predicted octanol–water partition coefficient (Wildman–Crippen LogP) is 0.996. The number of likely N-dealkylation sites (N-methyl/N-ethyl adjacent to an activating group) is 1. The third kappa shape index (κ3) is 3.41. The number of nitrogens with zero attached hydrogens (tertiary/aromatic N) is 4. The molecular weight excluding hydrogens is 309 g/mol. The van der Waals surface area contributed by atoms with E-state index in [1.165, 1.54) is 12.1 Å². The minimum atomic E-state index is -0.273. The van der Waals surface area contributed by atoms with Crippen LogP contribution >= 0.6 is 0 Å². The highest BCUT2D eigenvalue weighted by atomic mass is 19.1. The summed E-state index contributed by atoms with van der Waals surface area (Å²) in [4.78, 5) is 21.0. The van der Waals surface area contributed by atoms with E-state index in [1.807, 2.05) is 17.8 Å². The van der Waals surface area contributed by atoms with Crippen LogP contribution in [0.3, 0.4) is 0 Å². The average molecular weight is 331 g/mol. The minimum absolute atomic E-state index is 0.0176. The van der Waals surface area contributed by atoms with Crippen molar-refractivity contribution in [1.82, 2.24) is 19.8 Å². The summed E-state index contributed by atoms with van der Waals surface area (Å²) in [6.07, 6.45) is 3.66. The maximum Gasteiger partial charge on any atom is 0.238 e. The number of amides is 1. The van der Waals surface area contributed by atoms with Gasteiger partial charge in [0, 0.05) is 51.8 Å². The van der Waals surface area contributed by atoms with Gasteiger partial charge in [-0.25, -0.2) is 9.37 Å². The summed E-state index contributed by atoms with van der Waals surface area (Å²) in [6.45, 7) is 2.71. The predicted molar refractivity (Wildman–Crippen MR) is 90.1 cm³/mol. The first-order valence-electron chi connectivity index (χ1n) is 8.01. The van der Waals surface area contributed by atoms with E-state index in [4.69, 9.17) is 0 Å². The number of halogens is 1. The third-order valence-corrected chi connectivity index (χ3v) is 4.50. The Bertz CT molecular complexity index is 699. The molecule has 0 bridgehead atoms. The summed E-state index contributed by atoms with van der Waals surface area (Å²) in [6, 6.07) is 6.13. The van der Waals surface area contributed by atoms with E-state index < -0.39 is 0 Å². The monoisotopic (exact) mass is 331 g/mol. The first-order chi connectivity index (χ1) is 11.6. The fourth-order valence-corrected chi connectivity index (χ4v) is 3.04. The van der Waals surface area contributed by atoms with Crippen LogP contribution in [0.2, 0.25) is 0 Å². The molecule has 1 saturated heterocycles. The van der Waals surface area contributed by atoms with Gasteiger partial charge in [0.25, 0.3) is 0 Å². The summed E-state index contributed by atoms with van der Waals surface area (Å²) in [7, 11) is 3.60. The van der Waals surface area contributed by atoms with Crippen LogP contribution in [0.1, 0.15) is 5.82 Å². The van der Waals surface area contributed by atoms with Crippen molar-refractivity contribution >= 4 is 11.6 Å². The Morgan fingerprint density at radius 2 is 2.08 bits per heavy atom. The smallest absolute Gasteiger partial charge is 0.238 e. The zero-order valence-electron chi connectivity index (χ0n) is 13.9. The van der Waals surface area contributed by atoms with Gasteiger partial charge in [-0.3, -0.25) is 9.69 Å². The van der Waals surface area contributed by atoms with E-state index in [-0.39, 0.29) is 17.8 Å². The lowest BCUT2D eigenvalue weighted by atomic mass is 10.1. The van der Waals surface area contributed by atoms with Gasteiger partial charge in [-0.1, -0.05) is 0 Å². The topological polar surface area (TPSA) is 53.4 Å². The number of anilines is 1. The standard InChI is InChI=1S/C17H22FN5O/c1-19-17(24)15-11-22(14-5-3-13(18)4-6-14)9-10-23(15)12-16-20-7-8-21(16)2/h3-8,15H,9-12H2,1-2H3,(H,19,24). The molecule has 1 atom stereocenters. The molecule has 1 aromatic carbocycles. The van der Waals surface area contributed by atoms with Crippen molar-refractivity contribution in [2.45, 2.75) is 12.6 Å². The number of rotatable bonds is 4. The molecule has 1 aromatic heterocycles. The van der Waals surface area contributed by atoms with Crippen LogP contribution < -0.4 is 10.2 Å². The van der Waals surface area contributed by atoms with Crippen LogP contribution in [-0.4, -0.2) is 53.1 Å². The lowest BCUT2D eigenvalue weighted by Gasteiger charge is -2.41. The van der Waals surface area contributed by atoms with Crippen molar-refractivity contribution < 1.29 is 9.18 Å². The molecule has 1 N–H and O–H groups in total. The highest BCUT2D eigenvalue weighted by molar-refractivity contribution is 5.82. The fraction of sp³-hybridized carbons (Fsp3) is 0.412. The van der Waals surface area contributed by atoms with E-state index in [9.17, 15) is 9.18 Å². The van der Waals surface area contributed by atoms with E-state index >= 15 is 0 Å². The molecule has 2 heterocycles. The number of piperazine rings is 1. The number of imidazole rings is 1. The Morgan fingerprint density at radius 1 is 1.33 bits per heavy atom. The van der Waals surface area contributed by atoms with E-state index in [0.29, 0.717) is 13.1 Å². The van der Waals surface area contributed by atoms with Crippen molar-refractivity contribution in [3.63, 3.8) is 0 Å². The number of carbonyl (C=O) groups excluding carboxylic acids is 1. The maximum absolute atomic E-state index is 13.1. The Morgan fingerprint density at radius 3 is 2.71 bits per heavy atom. The molecule has 128 valence electrons. The van der Waals surface area contributed by atoms with Crippen molar-refractivity contribution in [1.29, 1.82) is 0 Å². The zero-order chi connectivity index (χ0) is 17.1. The van der Waals surface area contributed by atoms with Crippen LogP contribution in [0.15, 0.2) is 36.7 Å². The number of aryl methyl sites for hydroxylation is 1. The first-order valence-corrected chi connectivity index (χ1v) is 8.01. The quantitative estimate of drug-likeness (QED) is 0.908. The summed E-state index contributed by atoms with van der Waals surface area (Å²) in [5, 5.41) is 2.75. The molecule has 2 aromatic rings. The molecule has 3 rings (SSSR count). The molecule has 6 nitrogen and oxygen atoms in total. The summed E-state index contributed by atoms with van der Waals surface area (Å²) >= 11 is 0. The molecule has 0 radical (unpaired) electrons. The van der Waals surface area contributed by atoms with Gasteiger partial charge in [-0.2, -0.15) is 0 Å². The number of carbonyl (C=O) groups is 1. The van der Waals surface area contributed by atoms with Gasteiger partial charge in [0.2, 0.25) is 5.91 Å². The van der Waals surface area contributed by atoms with Crippen LogP contribution in [0.5, 0.6) is 0 Å². The van der Waals surface area contributed by atoms with Crippen LogP contribution in [-0.2, 0) is 18.4 Å². The molecular formula is C17H22FN5O. The number of hydrogen-bond acceptors (Lipinski definition) is 4. The van der Waals surface area contributed by atoms with Crippen molar-refractivity contribution in [3.8, 4) is 0 Å². The molecule has 0 spiro atoms. The number of benzene rings is 1. The minimum Gasteiger partial charge on any atom is -0.368 e. The Balaban J connectivity index is 1.76. The van der Waals surface area contributed by atoms with Gasteiger partial charge in [-0.15, -0.1) is 0 Å². The van der Waals surface area contributed by atoms with Crippen molar-refractivity contribution in [2.75, 3.05) is 31.6 Å². The van der Waals surface area contributed by atoms with Gasteiger partial charge in [0.1, 0.15) is 17.7 Å². The van der Waals surface area contributed by atoms with E-state index in [0.717, 1.165) is 24.6 Å². The summed E-state index contributed by atoms with van der Waals surface area (Å²) in [5.74, 6) is 0.658. The lowest BCUT2D eigenvalue weighted by Crippen LogP contribution is -2.58. The van der Waals surface area contributed by atoms with Gasteiger partial charge in [0.15, 0.2) is 0 Å². The molecule has 1 aliphatic heterocycles. The number of nitrogens with one attached hydrogen (secondary N) is 1. The Kier molecular flexibility index (Phi) is 4.80. The molecule has 1 unspecified atom stereocenters. The number of hydrogen-bond donors (Lipinski definition) is 1. The molecule has 0 saturated carbocycles. The first kappa shape index (κ1) is 16.4. The van der Waals surface area contributed by atoms with Crippen LogP contribution in [0, 0.1) is 5.82 Å². The molecule has 1 amide bonds. The number of aromatic nitrogens is 2. The van der Waals surface area contributed by atoms with Gasteiger partial charge >= 0.3 is 0 Å². The van der Waals surface area contributed by atoms with Gasteiger partial charge in [-0.05, 0) is 24.3 Å². The SMILES string of the molecule is CNC(=O)C1CN(c2ccc(F)cc2)CCN1Cc1nccn1C. The molecule has 24 heavy (non-hydrogen) atoms. The largest absolute Gasteiger partial charge is 0.368 e. The lowest BCUT2D eigenvalue weighted by molar-refractivity contribution is -0.126. The summed E-state index contributed by atoms with van der Waals surface area (Å²) < 4.78 is 15.1.